The van der Waals surface area contributed by atoms with Gasteiger partial charge in [-0.3, -0.25) is 19.3 Å². The molecule has 3 aliphatic rings. The second-order valence-electron chi connectivity index (χ2n) is 9.31. The van der Waals surface area contributed by atoms with Crippen molar-refractivity contribution < 1.29 is 28.3 Å². The zero-order valence-electron chi connectivity index (χ0n) is 18.4. The molecule has 5 rings (SSSR count). The Hall–Kier alpha value is -3.42. The smallest absolute Gasteiger partial charge is 0.338 e. The number of imide groups is 1. The predicted molar refractivity (Wildman–Crippen MR) is 116 cm³/mol. The van der Waals surface area contributed by atoms with Crippen LogP contribution in [0.4, 0.5) is 0 Å². The van der Waals surface area contributed by atoms with Crippen molar-refractivity contribution in [3.8, 4) is 0 Å². The van der Waals surface area contributed by atoms with Gasteiger partial charge in [-0.15, -0.1) is 0 Å². The summed E-state index contributed by atoms with van der Waals surface area (Å²) >= 11 is 0. The van der Waals surface area contributed by atoms with Gasteiger partial charge in [0.25, 0.3) is 17.7 Å². The Kier molecular flexibility index (Phi) is 5.52. The summed E-state index contributed by atoms with van der Waals surface area (Å²) < 4.78 is 10.4. The molecule has 2 bridgehead atoms. The minimum Gasteiger partial charge on any atom is -0.467 e. The molecule has 2 aliphatic carbocycles. The number of hydrogen-bond acceptors (Lipinski definition) is 6. The van der Waals surface area contributed by atoms with E-state index in [4.69, 9.17) is 9.15 Å². The molecule has 1 N–H and O–H groups in total. The highest BCUT2D eigenvalue weighted by Crippen LogP contribution is 2.49. The number of nitrogens with zero attached hydrogens (tertiary/aromatic N) is 1. The number of carbonyl (C=O) groups is 4. The van der Waals surface area contributed by atoms with Crippen molar-refractivity contribution in [1.29, 1.82) is 0 Å². The number of nitrogens with one attached hydrogen (secondary N) is 1. The highest BCUT2D eigenvalue weighted by atomic mass is 16.5. The van der Waals surface area contributed by atoms with E-state index in [0.717, 1.165) is 17.2 Å². The van der Waals surface area contributed by atoms with Crippen LogP contribution in [0.2, 0.25) is 0 Å². The molecular formula is C25H26N2O6. The Bertz CT molecular complexity index is 1110. The summed E-state index contributed by atoms with van der Waals surface area (Å²) in [6, 6.07) is 7.61. The van der Waals surface area contributed by atoms with Gasteiger partial charge < -0.3 is 14.5 Å². The van der Waals surface area contributed by atoms with Gasteiger partial charge in [-0.1, -0.05) is 6.42 Å². The molecular weight excluding hydrogens is 424 g/mol. The van der Waals surface area contributed by atoms with Crippen LogP contribution in [0, 0.1) is 17.8 Å². The van der Waals surface area contributed by atoms with Crippen LogP contribution >= 0.6 is 0 Å². The molecule has 0 saturated heterocycles. The fraction of sp³-hybridized carbons (Fsp3) is 0.440. The molecule has 1 aromatic heterocycles. The summed E-state index contributed by atoms with van der Waals surface area (Å²) in [6.07, 6.45) is 6.43. The molecule has 1 aromatic carbocycles. The Morgan fingerprint density at radius 3 is 2.67 bits per heavy atom. The number of furan rings is 1. The molecule has 2 fully saturated rings. The van der Waals surface area contributed by atoms with E-state index in [1.807, 2.05) is 6.92 Å². The molecule has 8 nitrogen and oxygen atoms in total. The number of esters is 1. The van der Waals surface area contributed by atoms with Crippen molar-refractivity contribution in [1.82, 2.24) is 10.2 Å². The van der Waals surface area contributed by atoms with Crippen LogP contribution in [0.5, 0.6) is 0 Å². The first-order valence-electron chi connectivity index (χ1n) is 11.4. The number of hydrogen-bond donors (Lipinski definition) is 1. The molecule has 33 heavy (non-hydrogen) atoms. The molecule has 8 heteroatoms. The number of rotatable bonds is 7. The van der Waals surface area contributed by atoms with Gasteiger partial charge in [-0.2, -0.15) is 0 Å². The lowest BCUT2D eigenvalue weighted by Gasteiger charge is -2.28. The van der Waals surface area contributed by atoms with Crippen LogP contribution in [-0.4, -0.2) is 41.2 Å². The number of fused-ring (bicyclic) bond motifs is 3. The Labute approximate surface area is 191 Å². The molecule has 4 unspecified atom stereocenters. The van der Waals surface area contributed by atoms with Gasteiger partial charge in [0.15, 0.2) is 6.61 Å². The molecule has 0 radical (unpaired) electrons. The van der Waals surface area contributed by atoms with Crippen molar-refractivity contribution in [3.05, 3.63) is 59.0 Å². The van der Waals surface area contributed by atoms with Gasteiger partial charge in [0, 0.05) is 6.04 Å². The maximum Gasteiger partial charge on any atom is 0.338 e. The number of benzene rings is 1. The first-order chi connectivity index (χ1) is 15.9. The van der Waals surface area contributed by atoms with E-state index in [2.05, 4.69) is 5.32 Å². The van der Waals surface area contributed by atoms with Crippen LogP contribution in [0.25, 0.3) is 0 Å². The van der Waals surface area contributed by atoms with Crippen molar-refractivity contribution in [2.24, 2.45) is 17.8 Å². The monoisotopic (exact) mass is 450 g/mol. The average molecular weight is 450 g/mol. The second-order valence-corrected chi connectivity index (χ2v) is 9.31. The van der Waals surface area contributed by atoms with Gasteiger partial charge in [0.1, 0.15) is 5.76 Å². The second kappa shape index (κ2) is 8.50. The van der Waals surface area contributed by atoms with E-state index < -0.39 is 24.4 Å². The molecule has 4 atom stereocenters. The summed E-state index contributed by atoms with van der Waals surface area (Å²) in [7, 11) is 0. The highest BCUT2D eigenvalue weighted by Gasteiger charge is 2.42. The maximum atomic E-state index is 12.7. The van der Waals surface area contributed by atoms with E-state index in [9.17, 15) is 19.2 Å². The van der Waals surface area contributed by atoms with Crippen molar-refractivity contribution in [2.75, 3.05) is 6.61 Å². The van der Waals surface area contributed by atoms with Crippen LogP contribution < -0.4 is 5.32 Å². The maximum absolute atomic E-state index is 12.7. The summed E-state index contributed by atoms with van der Waals surface area (Å²) in [4.78, 5) is 51.2. The summed E-state index contributed by atoms with van der Waals surface area (Å²) in [5.41, 5.74) is 0.472. The Balaban J connectivity index is 1.17. The van der Waals surface area contributed by atoms with E-state index in [1.165, 1.54) is 43.7 Å². The predicted octanol–water partition coefficient (Wildman–Crippen LogP) is 3.17. The van der Waals surface area contributed by atoms with E-state index in [0.29, 0.717) is 17.6 Å². The third-order valence-corrected chi connectivity index (χ3v) is 7.26. The zero-order valence-corrected chi connectivity index (χ0v) is 18.4. The van der Waals surface area contributed by atoms with Gasteiger partial charge in [0.05, 0.1) is 29.5 Å². The fourth-order valence-corrected chi connectivity index (χ4v) is 5.64. The molecule has 2 heterocycles. The first-order valence-corrected chi connectivity index (χ1v) is 11.4. The zero-order chi connectivity index (χ0) is 23.1. The van der Waals surface area contributed by atoms with Crippen LogP contribution in [-0.2, 0) is 16.1 Å². The van der Waals surface area contributed by atoms with E-state index >= 15 is 0 Å². The van der Waals surface area contributed by atoms with E-state index in [1.54, 1.807) is 12.1 Å². The Morgan fingerprint density at radius 2 is 1.97 bits per heavy atom. The number of ether oxygens (including phenoxy) is 1. The van der Waals surface area contributed by atoms with Crippen molar-refractivity contribution in [2.45, 2.75) is 45.2 Å². The number of carbonyl (C=O) groups excluding carboxylic acids is 4. The largest absolute Gasteiger partial charge is 0.467 e. The summed E-state index contributed by atoms with van der Waals surface area (Å²) in [5.74, 6) is 0.454. The van der Waals surface area contributed by atoms with Gasteiger partial charge >= 0.3 is 5.97 Å². The normalized spacial score (nSPS) is 24.2. The van der Waals surface area contributed by atoms with Crippen molar-refractivity contribution >= 4 is 23.7 Å². The summed E-state index contributed by atoms with van der Waals surface area (Å²) in [5, 5.41) is 2.96. The quantitative estimate of drug-likeness (QED) is 0.513. The molecule has 1 aliphatic heterocycles. The molecule has 3 amide bonds. The summed E-state index contributed by atoms with van der Waals surface area (Å²) in [6.45, 7) is 1.64. The topological polar surface area (TPSA) is 106 Å². The lowest BCUT2D eigenvalue weighted by Crippen LogP contribution is -2.42. The highest BCUT2D eigenvalue weighted by molar-refractivity contribution is 6.21. The van der Waals surface area contributed by atoms with Gasteiger partial charge in [-0.05, 0) is 74.3 Å². The molecule has 2 aromatic rings. The van der Waals surface area contributed by atoms with E-state index in [-0.39, 0.29) is 35.2 Å². The van der Waals surface area contributed by atoms with Gasteiger partial charge in [0.2, 0.25) is 0 Å². The van der Waals surface area contributed by atoms with Crippen LogP contribution in [0.15, 0.2) is 41.0 Å². The Morgan fingerprint density at radius 1 is 1.15 bits per heavy atom. The van der Waals surface area contributed by atoms with Crippen LogP contribution in [0.3, 0.4) is 0 Å². The minimum atomic E-state index is -0.717. The third kappa shape index (κ3) is 4.05. The average Bonchev–Trinajstić information content (AvgIpc) is 3.61. The fourth-order valence-electron chi connectivity index (χ4n) is 5.64. The molecule has 172 valence electrons. The van der Waals surface area contributed by atoms with Crippen LogP contribution in [0.1, 0.15) is 69.4 Å². The lowest BCUT2D eigenvalue weighted by atomic mass is 9.84. The number of amides is 3. The van der Waals surface area contributed by atoms with Crippen molar-refractivity contribution in [3.63, 3.8) is 0 Å². The van der Waals surface area contributed by atoms with Gasteiger partial charge in [-0.25, -0.2) is 4.79 Å². The minimum absolute atomic E-state index is 0.0140. The lowest BCUT2D eigenvalue weighted by molar-refractivity contribution is -0.125. The molecule has 2 saturated carbocycles. The SMILES string of the molecule is CC(NC(=O)COC(=O)c1ccc2c(c1)C(=O)N(Cc1ccco1)C2=O)C1CC2CCC1C2. The third-order valence-electron chi connectivity index (χ3n) is 7.26. The first kappa shape index (κ1) is 21.4. The molecule has 0 spiro atoms. The standard InChI is InChI=1S/C25H26N2O6/c1-14(20-10-15-4-5-16(20)9-15)26-22(28)13-33-25(31)17-6-7-19-21(11-17)24(30)27(23(19)29)12-18-3-2-8-32-18/h2-3,6-8,11,14-16,20H,4-5,9-10,12-13H2,1H3,(H,26,28).